The average molecular weight is 626 g/mol. The molecule has 0 bridgehead atoms. The highest BCUT2D eigenvalue weighted by atomic mass is 16.5. The zero-order chi connectivity index (χ0) is 33.4. The van der Waals surface area contributed by atoms with Gasteiger partial charge in [0.25, 0.3) is 0 Å². The van der Waals surface area contributed by atoms with Crippen LogP contribution >= 0.6 is 0 Å². The van der Waals surface area contributed by atoms with Gasteiger partial charge >= 0.3 is 11.9 Å². The van der Waals surface area contributed by atoms with Gasteiger partial charge in [0.2, 0.25) is 0 Å². The Kier molecular flexibility index (Phi) is 16.6. The first kappa shape index (κ1) is 35.7. The number of hydrogen-bond acceptors (Lipinski definition) is 6. The molecule has 0 saturated heterocycles. The Labute approximate surface area is 278 Å². The predicted molar refractivity (Wildman–Crippen MR) is 187 cm³/mol. The molecule has 3 aromatic rings. The smallest absolute Gasteiger partial charge is 0.330 e. The largest absolute Gasteiger partial charge is 0.494 e. The van der Waals surface area contributed by atoms with Gasteiger partial charge in [-0.2, -0.15) is 0 Å². The van der Waals surface area contributed by atoms with Gasteiger partial charge in [-0.3, -0.25) is 4.99 Å². The van der Waals surface area contributed by atoms with Crippen molar-refractivity contribution in [3.63, 3.8) is 0 Å². The SMILES string of the molecule is C=CC(=O)OCCCCCC=Nc1ccc(C#Cc2ccc(C#CC#Cc3ccc(OCCCCCOC(=O)C=C)cc3)cc2)cc1. The van der Waals surface area contributed by atoms with Gasteiger partial charge in [-0.1, -0.05) is 36.8 Å². The van der Waals surface area contributed by atoms with Gasteiger partial charge in [0.15, 0.2) is 0 Å². The van der Waals surface area contributed by atoms with Crippen molar-refractivity contribution in [3.05, 3.63) is 120 Å². The highest BCUT2D eigenvalue weighted by Gasteiger charge is 1.98. The Morgan fingerprint density at radius 3 is 1.55 bits per heavy atom. The van der Waals surface area contributed by atoms with E-state index >= 15 is 0 Å². The molecule has 0 aliphatic rings. The van der Waals surface area contributed by atoms with Crippen molar-refractivity contribution in [2.24, 2.45) is 4.99 Å². The Bertz CT molecular complexity index is 1670. The van der Waals surface area contributed by atoms with Gasteiger partial charge in [-0.25, -0.2) is 9.59 Å². The fourth-order valence-electron chi connectivity index (χ4n) is 3.97. The normalized spacial score (nSPS) is 9.87. The number of carbonyl (C=O) groups is 2. The maximum atomic E-state index is 11.0. The molecule has 0 saturated carbocycles. The number of benzene rings is 3. The summed E-state index contributed by atoms with van der Waals surface area (Å²) in [6.07, 6.45) is 10.5. The third-order valence-corrected chi connectivity index (χ3v) is 6.53. The van der Waals surface area contributed by atoms with Gasteiger partial charge in [-0.05, 0) is 130 Å². The molecule has 0 amide bonds. The minimum Gasteiger partial charge on any atom is -0.494 e. The molecule has 6 heteroatoms. The van der Waals surface area contributed by atoms with Crippen molar-refractivity contribution in [2.75, 3.05) is 19.8 Å². The lowest BCUT2D eigenvalue weighted by Crippen LogP contribution is -2.03. The van der Waals surface area contributed by atoms with Crippen LogP contribution in [0, 0.1) is 35.5 Å². The van der Waals surface area contributed by atoms with E-state index in [1.807, 2.05) is 79.0 Å². The van der Waals surface area contributed by atoms with Crippen molar-refractivity contribution in [2.45, 2.75) is 44.9 Å². The van der Waals surface area contributed by atoms with Gasteiger partial charge in [0.05, 0.1) is 25.5 Å². The van der Waals surface area contributed by atoms with E-state index in [9.17, 15) is 9.59 Å². The van der Waals surface area contributed by atoms with Gasteiger partial charge < -0.3 is 14.2 Å². The molecule has 0 spiro atoms. The number of hydrogen-bond donors (Lipinski definition) is 0. The van der Waals surface area contributed by atoms with E-state index in [-0.39, 0.29) is 11.9 Å². The lowest BCUT2D eigenvalue weighted by Gasteiger charge is -2.06. The molecule has 0 atom stereocenters. The summed E-state index contributed by atoms with van der Waals surface area (Å²) in [5.74, 6) is 18.3. The fraction of sp³-hybridized carbons (Fsp3) is 0.244. The molecule has 0 N–H and O–H groups in total. The summed E-state index contributed by atoms with van der Waals surface area (Å²) in [5, 5.41) is 0. The van der Waals surface area contributed by atoms with Crippen molar-refractivity contribution in [1.82, 2.24) is 0 Å². The van der Waals surface area contributed by atoms with Gasteiger partial charge in [0.1, 0.15) is 5.75 Å². The topological polar surface area (TPSA) is 74.2 Å². The zero-order valence-electron chi connectivity index (χ0n) is 26.6. The van der Waals surface area contributed by atoms with Crippen LogP contribution in [0.3, 0.4) is 0 Å². The molecule has 3 aromatic carbocycles. The maximum Gasteiger partial charge on any atom is 0.330 e. The monoisotopic (exact) mass is 625 g/mol. The molecule has 0 aromatic heterocycles. The number of esters is 2. The molecule has 238 valence electrons. The molecule has 47 heavy (non-hydrogen) atoms. The van der Waals surface area contributed by atoms with Crippen LogP contribution in [0.2, 0.25) is 0 Å². The minimum absolute atomic E-state index is 0.375. The third kappa shape index (κ3) is 15.7. The molecule has 3 rings (SSSR count). The summed E-state index contributed by atoms with van der Waals surface area (Å²) in [4.78, 5) is 26.5. The Morgan fingerprint density at radius 1 is 0.574 bits per heavy atom. The molecular formula is C41H39NO5. The first-order chi connectivity index (χ1) is 23.1. The minimum atomic E-state index is -0.388. The maximum absolute atomic E-state index is 11.0. The second-order valence-corrected chi connectivity index (χ2v) is 10.2. The highest BCUT2D eigenvalue weighted by Crippen LogP contribution is 2.14. The molecule has 6 nitrogen and oxygen atoms in total. The van der Waals surface area contributed by atoms with Crippen molar-refractivity contribution < 1.29 is 23.8 Å². The lowest BCUT2D eigenvalue weighted by atomic mass is 10.1. The molecule has 0 aliphatic heterocycles. The summed E-state index contributed by atoms with van der Waals surface area (Å²) in [7, 11) is 0. The fourth-order valence-corrected chi connectivity index (χ4v) is 3.97. The number of aliphatic imine (C=N–C) groups is 1. The number of carbonyl (C=O) groups excluding carboxylic acids is 2. The first-order valence-electron chi connectivity index (χ1n) is 15.6. The van der Waals surface area contributed by atoms with E-state index in [0.29, 0.717) is 19.8 Å². The van der Waals surface area contributed by atoms with E-state index in [1.54, 1.807) is 0 Å². The zero-order valence-corrected chi connectivity index (χ0v) is 26.6. The summed E-state index contributed by atoms with van der Waals surface area (Å²) in [6, 6.07) is 23.2. The second-order valence-electron chi connectivity index (χ2n) is 10.2. The Morgan fingerprint density at radius 2 is 1.02 bits per heavy atom. The van der Waals surface area contributed by atoms with E-state index in [4.69, 9.17) is 14.2 Å². The van der Waals surface area contributed by atoms with Crippen LogP contribution in [-0.4, -0.2) is 38.0 Å². The molecular weight excluding hydrogens is 586 g/mol. The summed E-state index contributed by atoms with van der Waals surface area (Å²) in [6.45, 7) is 8.18. The highest BCUT2D eigenvalue weighted by molar-refractivity contribution is 5.81. The first-order valence-corrected chi connectivity index (χ1v) is 15.6. The van der Waals surface area contributed by atoms with Crippen LogP contribution < -0.4 is 4.74 Å². The lowest BCUT2D eigenvalue weighted by molar-refractivity contribution is -0.138. The predicted octanol–water partition coefficient (Wildman–Crippen LogP) is 7.76. The van der Waals surface area contributed by atoms with E-state index < -0.39 is 0 Å². The molecule has 0 radical (unpaired) electrons. The van der Waals surface area contributed by atoms with Crippen LogP contribution in [0.1, 0.15) is 67.2 Å². The molecule has 0 heterocycles. The average Bonchev–Trinajstić information content (AvgIpc) is 3.11. The van der Waals surface area contributed by atoms with E-state index in [0.717, 1.165) is 78.6 Å². The number of unbranched alkanes of at least 4 members (excludes halogenated alkanes) is 5. The quantitative estimate of drug-likeness (QED) is 0.0535. The van der Waals surface area contributed by atoms with Crippen LogP contribution in [-0.2, 0) is 19.1 Å². The van der Waals surface area contributed by atoms with Gasteiger partial charge in [-0.15, -0.1) is 0 Å². The van der Waals surface area contributed by atoms with E-state index in [2.05, 4.69) is 53.7 Å². The summed E-state index contributed by atoms with van der Waals surface area (Å²) >= 11 is 0. The van der Waals surface area contributed by atoms with Crippen molar-refractivity contribution in [3.8, 4) is 41.3 Å². The van der Waals surface area contributed by atoms with Crippen LogP contribution in [0.25, 0.3) is 0 Å². The third-order valence-electron chi connectivity index (χ3n) is 6.53. The Balaban J connectivity index is 1.36. The second kappa shape index (κ2) is 21.9. The van der Waals surface area contributed by atoms with Crippen LogP contribution in [0.15, 0.2) is 103 Å². The number of ether oxygens (including phenoxy) is 3. The Hall–Kier alpha value is -5.77. The standard InChI is InChI=1S/C41H39NO5/c1-3-40(43)46-32-11-6-5-10-30-42-38-26-22-37(23-27-38)21-20-36-18-16-34(17-19-36)14-8-9-15-35-24-28-39(29-25-35)45-31-12-7-13-33-47-41(44)4-2/h3-4,16-19,22-30H,1-2,5-7,10-13,31-33H2. The number of nitrogens with zero attached hydrogens (tertiary/aromatic N) is 1. The number of rotatable bonds is 16. The summed E-state index contributed by atoms with van der Waals surface area (Å²) in [5.41, 5.74) is 4.43. The van der Waals surface area contributed by atoms with Gasteiger partial charge in [0, 0.05) is 40.6 Å². The van der Waals surface area contributed by atoms with Crippen LogP contribution in [0.5, 0.6) is 5.75 Å². The molecule has 0 aliphatic carbocycles. The van der Waals surface area contributed by atoms with E-state index in [1.165, 1.54) is 12.2 Å². The molecule has 0 unspecified atom stereocenters. The van der Waals surface area contributed by atoms with Crippen LogP contribution in [0.4, 0.5) is 5.69 Å². The molecule has 0 fully saturated rings. The summed E-state index contributed by atoms with van der Waals surface area (Å²) < 4.78 is 15.7. The van der Waals surface area contributed by atoms with Crippen molar-refractivity contribution >= 4 is 23.8 Å². The van der Waals surface area contributed by atoms with Crippen molar-refractivity contribution in [1.29, 1.82) is 0 Å².